The molecule has 0 fully saturated rings. The first-order valence-electron chi connectivity index (χ1n) is 4.51. The summed E-state index contributed by atoms with van der Waals surface area (Å²) in [6.07, 6.45) is -0.739. The fourth-order valence-corrected chi connectivity index (χ4v) is 1.63. The van der Waals surface area contributed by atoms with Gasteiger partial charge in [0.05, 0.1) is 24.7 Å². The molecule has 0 rings (SSSR count). The molecule has 0 saturated carbocycles. The highest BCUT2D eigenvalue weighted by Gasteiger charge is 2.25. The van der Waals surface area contributed by atoms with Gasteiger partial charge in [0.25, 0.3) is 10.1 Å². The number of carbonyl (C=O) groups excluding carboxylic acids is 2. The normalized spacial score (nSPS) is 12.9. The topological polar surface area (TPSA) is 107 Å². The Morgan fingerprint density at radius 2 is 1.94 bits per heavy atom. The van der Waals surface area contributed by atoms with Crippen molar-refractivity contribution in [3.8, 4) is 0 Å². The fourth-order valence-electron chi connectivity index (χ4n) is 1.04. The minimum Gasteiger partial charge on any atom is -0.465 e. The predicted octanol–water partition coefficient (Wildman–Crippen LogP) is -0.263. The van der Waals surface area contributed by atoms with Crippen LogP contribution in [0.3, 0.4) is 0 Å². The van der Waals surface area contributed by atoms with Gasteiger partial charge in [-0.25, -0.2) is 0 Å². The Labute approximate surface area is 99.8 Å². The molecule has 4 radical (unpaired) electrons. The highest BCUT2D eigenvalue weighted by molar-refractivity contribution is 7.85. The van der Waals surface area contributed by atoms with Crippen LogP contribution in [0.5, 0.6) is 0 Å². The van der Waals surface area contributed by atoms with Crippen molar-refractivity contribution in [2.24, 2.45) is 5.92 Å². The number of ether oxygens (including phenoxy) is 2. The summed E-state index contributed by atoms with van der Waals surface area (Å²) in [4.78, 5) is 22.1. The number of rotatable bonds is 7. The molecule has 0 heterocycles. The van der Waals surface area contributed by atoms with Crippen molar-refractivity contribution in [3.05, 3.63) is 14.0 Å². The second-order valence-corrected chi connectivity index (χ2v) is 4.67. The first-order valence-corrected chi connectivity index (χ1v) is 6.12. The van der Waals surface area contributed by atoms with Crippen LogP contribution >= 0.6 is 0 Å². The summed E-state index contributed by atoms with van der Waals surface area (Å²) < 4.78 is 37.8. The molecule has 8 heteroatoms. The Balaban J connectivity index is 4.44. The predicted molar refractivity (Wildman–Crippen MR) is 54.8 cm³/mol. The van der Waals surface area contributed by atoms with Crippen LogP contribution in [0.4, 0.5) is 0 Å². The monoisotopic (exact) mass is 264 g/mol. The number of hydrogen-bond acceptors (Lipinski definition) is 6. The highest BCUT2D eigenvalue weighted by atomic mass is 32.2. The summed E-state index contributed by atoms with van der Waals surface area (Å²) in [6, 6.07) is 0. The molecule has 0 spiro atoms. The van der Waals surface area contributed by atoms with E-state index in [9.17, 15) is 18.0 Å². The van der Waals surface area contributed by atoms with E-state index in [-0.39, 0.29) is 13.0 Å². The van der Waals surface area contributed by atoms with Crippen LogP contribution in [-0.4, -0.2) is 37.3 Å². The lowest BCUT2D eigenvalue weighted by Crippen LogP contribution is -2.23. The molecular weight excluding hydrogens is 252 g/mol. The third-order valence-electron chi connectivity index (χ3n) is 1.83. The van der Waals surface area contributed by atoms with Crippen molar-refractivity contribution in [2.75, 3.05) is 12.4 Å². The minimum atomic E-state index is -4.23. The molecule has 0 aromatic rings. The van der Waals surface area contributed by atoms with E-state index < -0.39 is 40.1 Å². The van der Waals surface area contributed by atoms with Gasteiger partial charge in [0, 0.05) is 6.92 Å². The third-order valence-corrected chi connectivity index (χ3v) is 2.58. The van der Waals surface area contributed by atoms with Gasteiger partial charge in [-0.2, -0.15) is 8.42 Å². The summed E-state index contributed by atoms with van der Waals surface area (Å²) in [7, 11) is 0.389. The average Bonchev–Trinajstić information content (AvgIpc) is 2.22. The molecule has 0 aliphatic carbocycles. The van der Waals surface area contributed by atoms with E-state index in [0.717, 1.165) is 0 Å². The van der Waals surface area contributed by atoms with Crippen molar-refractivity contribution in [1.82, 2.24) is 0 Å². The van der Waals surface area contributed by atoms with Gasteiger partial charge in [-0.05, 0) is 6.42 Å². The molecule has 0 bridgehead atoms. The molecule has 0 aliphatic heterocycles. The van der Waals surface area contributed by atoms with Gasteiger partial charge in [0.15, 0.2) is 7.11 Å². The third kappa shape index (κ3) is 7.70. The van der Waals surface area contributed by atoms with E-state index in [1.807, 2.05) is 0 Å². The smallest absolute Gasteiger partial charge is 0.310 e. The van der Waals surface area contributed by atoms with Gasteiger partial charge in [-0.3, -0.25) is 14.1 Å². The maximum Gasteiger partial charge on any atom is 0.310 e. The Morgan fingerprint density at radius 1 is 1.35 bits per heavy atom. The second-order valence-electron chi connectivity index (χ2n) is 3.10. The first kappa shape index (κ1) is 15.9. The second kappa shape index (κ2) is 7.23. The fraction of sp³-hybridized carbons (Fsp3) is 0.556. The van der Waals surface area contributed by atoms with Gasteiger partial charge in [-0.1, -0.05) is 0 Å². The maximum absolute atomic E-state index is 11.1. The lowest BCUT2D eigenvalue weighted by Gasteiger charge is -2.12. The molecule has 1 N–H and O–H groups in total. The molecule has 1 atom stereocenters. The van der Waals surface area contributed by atoms with Crippen molar-refractivity contribution < 1.29 is 32.0 Å². The van der Waals surface area contributed by atoms with E-state index >= 15 is 0 Å². The van der Waals surface area contributed by atoms with Gasteiger partial charge in [0.1, 0.15) is 0 Å². The molecule has 17 heavy (non-hydrogen) atoms. The molecule has 1 unspecified atom stereocenters. The lowest BCUT2D eigenvalue weighted by molar-refractivity contribution is -0.151. The van der Waals surface area contributed by atoms with Crippen molar-refractivity contribution in [3.63, 3.8) is 0 Å². The van der Waals surface area contributed by atoms with Crippen molar-refractivity contribution >= 4 is 22.1 Å². The van der Waals surface area contributed by atoms with E-state index in [1.165, 1.54) is 0 Å². The van der Waals surface area contributed by atoms with Crippen LogP contribution in [0.2, 0.25) is 0 Å². The van der Waals surface area contributed by atoms with E-state index in [2.05, 4.69) is 16.6 Å². The Hall–Kier alpha value is -1.15. The maximum atomic E-state index is 11.1. The quantitative estimate of drug-likeness (QED) is 0.498. The van der Waals surface area contributed by atoms with Gasteiger partial charge in [-0.15, -0.1) is 0 Å². The Kier molecular flexibility index (Phi) is 6.74. The zero-order valence-electron chi connectivity index (χ0n) is 8.87. The van der Waals surface area contributed by atoms with Crippen LogP contribution < -0.4 is 0 Å². The average molecular weight is 264 g/mol. The zero-order valence-corrected chi connectivity index (χ0v) is 9.68. The van der Waals surface area contributed by atoms with Crippen molar-refractivity contribution in [1.29, 1.82) is 0 Å². The summed E-state index contributed by atoms with van der Waals surface area (Å²) in [5, 5.41) is 0. The van der Waals surface area contributed by atoms with Gasteiger partial charge in [0.2, 0.25) is 0 Å². The van der Waals surface area contributed by atoms with Crippen LogP contribution in [0.15, 0.2) is 0 Å². The SMILES string of the molecule is [CH]COC(=O)CC(CCS(=O)(=O)O)C(=O)O[CH]. The zero-order chi connectivity index (χ0) is 13.5. The summed E-state index contributed by atoms with van der Waals surface area (Å²) in [5.74, 6) is -3.57. The largest absolute Gasteiger partial charge is 0.465 e. The number of esters is 2. The molecule has 0 saturated heterocycles. The number of carbonyl (C=O) groups is 2. The van der Waals surface area contributed by atoms with E-state index in [4.69, 9.17) is 11.5 Å². The number of hydrogen-bond donors (Lipinski definition) is 1. The van der Waals surface area contributed by atoms with Crippen molar-refractivity contribution in [2.45, 2.75) is 12.8 Å². The standard InChI is InChI=1S/C9H12O7S/c1-3-16-8(10)6-7(9(11)15-2)4-5-17(12,13)14/h1-2,7H,3-6H2,(H,12,13,14). The molecule has 7 nitrogen and oxygen atoms in total. The Morgan fingerprint density at radius 3 is 2.35 bits per heavy atom. The molecule has 0 aliphatic rings. The molecular formula is C9H12O7S. The summed E-state index contributed by atoms with van der Waals surface area (Å²) >= 11 is 0. The highest BCUT2D eigenvalue weighted by Crippen LogP contribution is 2.13. The summed E-state index contributed by atoms with van der Waals surface area (Å²) in [6.45, 7) is 4.58. The van der Waals surface area contributed by atoms with Gasteiger partial charge >= 0.3 is 11.9 Å². The van der Waals surface area contributed by atoms with Crippen LogP contribution in [0, 0.1) is 20.0 Å². The van der Waals surface area contributed by atoms with Gasteiger partial charge < -0.3 is 9.47 Å². The molecule has 96 valence electrons. The van der Waals surface area contributed by atoms with E-state index in [1.54, 1.807) is 0 Å². The van der Waals surface area contributed by atoms with Crippen LogP contribution in [0.1, 0.15) is 12.8 Å². The molecule has 0 aromatic heterocycles. The minimum absolute atomic E-state index is 0.311. The van der Waals surface area contributed by atoms with E-state index in [0.29, 0.717) is 0 Å². The lowest BCUT2D eigenvalue weighted by atomic mass is 10.0. The van der Waals surface area contributed by atoms with Crippen LogP contribution in [0.25, 0.3) is 0 Å². The molecule has 0 amide bonds. The molecule has 0 aromatic carbocycles. The summed E-state index contributed by atoms with van der Waals surface area (Å²) in [5.41, 5.74) is 0. The van der Waals surface area contributed by atoms with Crippen LogP contribution in [-0.2, 0) is 29.2 Å². The Bertz CT molecular complexity index is 360. The first-order chi connectivity index (χ1) is 7.80.